The van der Waals surface area contributed by atoms with Crippen molar-refractivity contribution in [2.45, 2.75) is 32.6 Å². The van der Waals surface area contributed by atoms with Gasteiger partial charge in [0.05, 0.1) is 5.69 Å². The summed E-state index contributed by atoms with van der Waals surface area (Å²) in [5.41, 5.74) is 2.82. The summed E-state index contributed by atoms with van der Waals surface area (Å²) in [6.07, 6.45) is 2.87. The van der Waals surface area contributed by atoms with Crippen molar-refractivity contribution >= 4 is 11.5 Å². The van der Waals surface area contributed by atoms with Crippen LogP contribution >= 0.6 is 0 Å². The van der Waals surface area contributed by atoms with Crippen LogP contribution in [0.5, 0.6) is 0 Å². The third kappa shape index (κ3) is 3.96. The molecule has 1 aliphatic heterocycles. The number of anilines is 1. The zero-order valence-electron chi connectivity index (χ0n) is 19.8. The number of rotatable bonds is 7. The SMILES string of the molecule is Cc1cc(N(C)C)ccc1-c1ccc(-n2c(C[C@@]3(C(=O)C4CC4)CCNC3)n[nH]c2=O)c(F)c1. The normalized spacial score (nSPS) is 20.0. The molecule has 0 spiro atoms. The number of aromatic nitrogens is 3. The van der Waals surface area contributed by atoms with Gasteiger partial charge in [-0.15, -0.1) is 0 Å². The van der Waals surface area contributed by atoms with Gasteiger partial charge in [-0.05, 0) is 73.7 Å². The monoisotopic (exact) mass is 463 g/mol. The molecule has 1 saturated carbocycles. The molecule has 0 radical (unpaired) electrons. The molecule has 8 heteroatoms. The average Bonchev–Trinajstić information content (AvgIpc) is 3.45. The van der Waals surface area contributed by atoms with Gasteiger partial charge in [0.25, 0.3) is 0 Å². The smallest absolute Gasteiger partial charge is 0.348 e. The minimum absolute atomic E-state index is 0.108. The van der Waals surface area contributed by atoms with Gasteiger partial charge < -0.3 is 10.2 Å². The molecule has 0 amide bonds. The lowest BCUT2D eigenvalue weighted by molar-refractivity contribution is -0.129. The number of carbonyl (C=O) groups is 1. The Balaban J connectivity index is 1.49. The number of ketones is 1. The third-order valence-corrected chi connectivity index (χ3v) is 7.18. The topological polar surface area (TPSA) is 83.0 Å². The molecule has 0 unspecified atom stereocenters. The van der Waals surface area contributed by atoms with Crippen LogP contribution in [-0.4, -0.2) is 47.7 Å². The van der Waals surface area contributed by atoms with Gasteiger partial charge in [0.15, 0.2) is 0 Å². The third-order valence-electron chi connectivity index (χ3n) is 7.18. The highest BCUT2D eigenvalue weighted by Crippen LogP contribution is 2.42. The number of halogens is 1. The fraction of sp³-hybridized carbons (Fsp3) is 0.423. The highest BCUT2D eigenvalue weighted by Gasteiger charge is 2.48. The van der Waals surface area contributed by atoms with Crippen molar-refractivity contribution in [1.82, 2.24) is 20.1 Å². The Morgan fingerprint density at radius 2 is 2.03 bits per heavy atom. The number of benzene rings is 2. The maximum atomic E-state index is 15.4. The number of nitrogens with one attached hydrogen (secondary N) is 2. The molecule has 2 aromatic carbocycles. The summed E-state index contributed by atoms with van der Waals surface area (Å²) >= 11 is 0. The van der Waals surface area contributed by atoms with Crippen LogP contribution in [0.2, 0.25) is 0 Å². The van der Waals surface area contributed by atoms with Gasteiger partial charge in [-0.3, -0.25) is 4.79 Å². The predicted octanol–water partition coefficient (Wildman–Crippen LogP) is 3.24. The molecule has 2 heterocycles. The van der Waals surface area contributed by atoms with Gasteiger partial charge in [-0.2, -0.15) is 5.10 Å². The van der Waals surface area contributed by atoms with Gasteiger partial charge in [0.1, 0.15) is 17.4 Å². The minimum Gasteiger partial charge on any atom is -0.378 e. The van der Waals surface area contributed by atoms with E-state index in [1.165, 1.54) is 10.6 Å². The van der Waals surface area contributed by atoms with E-state index in [1.807, 2.05) is 44.1 Å². The van der Waals surface area contributed by atoms with E-state index in [2.05, 4.69) is 21.6 Å². The zero-order chi connectivity index (χ0) is 24.0. The molecule has 1 saturated heterocycles. The summed E-state index contributed by atoms with van der Waals surface area (Å²) < 4.78 is 16.7. The van der Waals surface area contributed by atoms with Crippen molar-refractivity contribution in [3.05, 3.63) is 64.1 Å². The second kappa shape index (κ2) is 8.51. The van der Waals surface area contributed by atoms with Crippen LogP contribution in [0.1, 0.15) is 30.7 Å². The van der Waals surface area contributed by atoms with Crippen molar-refractivity contribution in [2.24, 2.45) is 11.3 Å². The Labute approximate surface area is 198 Å². The lowest BCUT2D eigenvalue weighted by atomic mass is 9.77. The Morgan fingerprint density at radius 1 is 1.24 bits per heavy atom. The van der Waals surface area contributed by atoms with Crippen LogP contribution in [0.4, 0.5) is 10.1 Å². The van der Waals surface area contributed by atoms with Crippen molar-refractivity contribution in [3.63, 3.8) is 0 Å². The van der Waals surface area contributed by atoms with Crippen molar-refractivity contribution in [1.29, 1.82) is 0 Å². The molecule has 0 bridgehead atoms. The largest absolute Gasteiger partial charge is 0.378 e. The fourth-order valence-electron chi connectivity index (χ4n) is 5.08. The molecule has 34 heavy (non-hydrogen) atoms. The number of nitrogens with zero attached hydrogens (tertiary/aromatic N) is 3. The zero-order valence-corrected chi connectivity index (χ0v) is 19.8. The first-order chi connectivity index (χ1) is 16.3. The Kier molecular flexibility index (Phi) is 5.64. The van der Waals surface area contributed by atoms with Crippen LogP contribution in [0.3, 0.4) is 0 Å². The van der Waals surface area contributed by atoms with E-state index in [0.717, 1.165) is 41.8 Å². The maximum absolute atomic E-state index is 15.4. The van der Waals surface area contributed by atoms with Crippen LogP contribution in [-0.2, 0) is 11.2 Å². The quantitative estimate of drug-likeness (QED) is 0.562. The van der Waals surface area contributed by atoms with Crippen molar-refractivity contribution in [3.8, 4) is 16.8 Å². The summed E-state index contributed by atoms with van der Waals surface area (Å²) in [4.78, 5) is 27.8. The fourth-order valence-corrected chi connectivity index (χ4v) is 5.08. The second-order valence-electron chi connectivity index (χ2n) is 9.86. The van der Waals surface area contributed by atoms with E-state index < -0.39 is 16.9 Å². The van der Waals surface area contributed by atoms with Crippen LogP contribution < -0.4 is 15.9 Å². The van der Waals surface area contributed by atoms with Gasteiger partial charge in [-0.1, -0.05) is 12.1 Å². The summed E-state index contributed by atoms with van der Waals surface area (Å²) in [5.74, 6) is 0.232. The molecule has 178 valence electrons. The van der Waals surface area contributed by atoms with E-state index in [-0.39, 0.29) is 17.4 Å². The van der Waals surface area contributed by atoms with E-state index in [1.54, 1.807) is 6.07 Å². The number of hydrogen-bond donors (Lipinski definition) is 2. The van der Waals surface area contributed by atoms with Gasteiger partial charge in [-0.25, -0.2) is 18.9 Å². The molecule has 1 atom stereocenters. The molecular formula is C26H30FN5O2. The summed E-state index contributed by atoms with van der Waals surface area (Å²) in [6, 6.07) is 10.9. The van der Waals surface area contributed by atoms with Crippen LogP contribution in [0.15, 0.2) is 41.2 Å². The summed E-state index contributed by atoms with van der Waals surface area (Å²) in [6.45, 7) is 3.31. The maximum Gasteiger partial charge on any atom is 0.348 e. The average molecular weight is 464 g/mol. The standard InChI is InChI=1S/C26H30FN5O2/c1-16-12-19(31(2)3)7-8-20(16)18-6-9-22(21(27)13-18)32-23(29-30-25(32)34)14-26(10-11-28-15-26)24(33)17-4-5-17/h6-9,12-13,17,28H,4-5,10-11,14-15H2,1-3H3,(H,30,34)/t26-/m0/s1. The number of Topliss-reactive ketones (excluding diaryl/α,β-unsaturated/α-hetero) is 1. The highest BCUT2D eigenvalue weighted by molar-refractivity contribution is 5.89. The van der Waals surface area contributed by atoms with Crippen molar-refractivity contribution < 1.29 is 9.18 Å². The molecule has 2 fully saturated rings. The predicted molar refractivity (Wildman–Crippen MR) is 130 cm³/mol. The van der Waals surface area contributed by atoms with Gasteiger partial charge in [0, 0.05) is 44.1 Å². The number of hydrogen-bond acceptors (Lipinski definition) is 5. The Bertz CT molecular complexity index is 1300. The molecule has 2 aliphatic rings. The number of H-pyrrole nitrogens is 1. The van der Waals surface area contributed by atoms with E-state index in [4.69, 9.17) is 0 Å². The van der Waals surface area contributed by atoms with Gasteiger partial charge >= 0.3 is 5.69 Å². The lowest BCUT2D eigenvalue weighted by Crippen LogP contribution is -2.38. The number of carbonyl (C=O) groups excluding carboxylic acids is 1. The molecule has 5 rings (SSSR count). The van der Waals surface area contributed by atoms with Gasteiger partial charge in [0.2, 0.25) is 0 Å². The van der Waals surface area contributed by atoms with E-state index in [0.29, 0.717) is 25.2 Å². The first-order valence-corrected chi connectivity index (χ1v) is 11.8. The minimum atomic E-state index is -0.591. The molecule has 1 aliphatic carbocycles. The van der Waals surface area contributed by atoms with Crippen LogP contribution in [0, 0.1) is 24.1 Å². The molecule has 7 nitrogen and oxygen atoms in total. The van der Waals surface area contributed by atoms with Crippen molar-refractivity contribution in [2.75, 3.05) is 32.1 Å². The Hall–Kier alpha value is -3.26. The number of aryl methyl sites for hydroxylation is 1. The molecule has 2 N–H and O–H groups in total. The van der Waals surface area contributed by atoms with E-state index >= 15 is 4.39 Å². The molecular weight excluding hydrogens is 433 g/mol. The number of aromatic amines is 1. The highest BCUT2D eigenvalue weighted by atomic mass is 19.1. The van der Waals surface area contributed by atoms with Crippen LogP contribution in [0.25, 0.3) is 16.8 Å². The summed E-state index contributed by atoms with van der Waals surface area (Å²) in [5, 5.41) is 9.96. The first kappa shape index (κ1) is 22.5. The molecule has 3 aromatic rings. The first-order valence-electron chi connectivity index (χ1n) is 11.8. The summed E-state index contributed by atoms with van der Waals surface area (Å²) in [7, 11) is 3.96. The molecule has 1 aromatic heterocycles. The van der Waals surface area contributed by atoms with E-state index in [9.17, 15) is 9.59 Å². The second-order valence-corrected chi connectivity index (χ2v) is 9.86. The lowest BCUT2D eigenvalue weighted by Gasteiger charge is -2.26. The Morgan fingerprint density at radius 3 is 2.65 bits per heavy atom.